The highest BCUT2D eigenvalue weighted by molar-refractivity contribution is 7.98. The number of benzene rings is 6. The number of alkyl halides is 3. The van der Waals surface area contributed by atoms with Gasteiger partial charge < -0.3 is 14.8 Å². The topological polar surface area (TPSA) is 105 Å². The highest BCUT2D eigenvalue weighted by atomic mass is 32.2. The van der Waals surface area contributed by atoms with Crippen molar-refractivity contribution in [2.24, 2.45) is 7.05 Å². The van der Waals surface area contributed by atoms with Gasteiger partial charge in [0.2, 0.25) is 5.91 Å². The minimum Gasteiger partial charge on any atom is -0.493 e. The molecule has 1 N–H and O–H groups in total. The van der Waals surface area contributed by atoms with Gasteiger partial charge in [-0.3, -0.25) is 13.9 Å². The Morgan fingerprint density at radius 1 is 0.794 bits per heavy atom. The number of hydrogen-bond donors (Lipinski definition) is 1. The fraction of sp³-hybridized carbons (Fsp3) is 0.149. The van der Waals surface area contributed by atoms with E-state index < -0.39 is 47.1 Å². The van der Waals surface area contributed by atoms with Gasteiger partial charge in [0, 0.05) is 17.5 Å². The average Bonchev–Trinajstić information content (AvgIpc) is 3.86. The van der Waals surface area contributed by atoms with Crippen molar-refractivity contribution in [3.63, 3.8) is 0 Å². The third-order valence-electron chi connectivity index (χ3n) is 10.7. The lowest BCUT2D eigenvalue weighted by Gasteiger charge is -2.35. The van der Waals surface area contributed by atoms with Gasteiger partial charge in [0.05, 0.1) is 29.4 Å². The van der Waals surface area contributed by atoms with E-state index in [-0.39, 0.29) is 51.8 Å². The number of methoxy groups -OCH3 is 1. The molecule has 0 saturated heterocycles. The molecule has 2 aromatic heterocycles. The molecule has 8 aromatic rings. The van der Waals surface area contributed by atoms with Gasteiger partial charge in [-0.05, 0) is 71.0 Å². The number of rotatable bonds is 13. The van der Waals surface area contributed by atoms with Crippen molar-refractivity contribution in [3.05, 3.63) is 190 Å². The fourth-order valence-corrected chi connectivity index (χ4v) is 8.19. The number of aromatic nitrogens is 5. The number of carbonyl (C=O) groups excluding carboxylic acids is 1. The third kappa shape index (κ3) is 8.05. The number of carbonyl (C=O) groups is 1. The van der Waals surface area contributed by atoms with Crippen LogP contribution in [0.3, 0.4) is 0 Å². The summed E-state index contributed by atoms with van der Waals surface area (Å²) < 4.78 is 89.5. The summed E-state index contributed by atoms with van der Waals surface area (Å²) in [6, 6.07) is 37.3. The van der Waals surface area contributed by atoms with Crippen LogP contribution in [0.1, 0.15) is 28.1 Å². The first kappa shape index (κ1) is 42.5. The molecule has 2 heterocycles. The Kier molecular flexibility index (Phi) is 11.7. The van der Waals surface area contributed by atoms with E-state index in [9.17, 15) is 27.2 Å². The van der Waals surface area contributed by atoms with Crippen LogP contribution in [0.25, 0.3) is 22.2 Å². The van der Waals surface area contributed by atoms with Gasteiger partial charge in [0.15, 0.2) is 23.1 Å². The number of fused-ring (bicyclic) bond motifs is 1. The van der Waals surface area contributed by atoms with Crippen LogP contribution < -0.4 is 20.5 Å². The summed E-state index contributed by atoms with van der Waals surface area (Å²) in [4.78, 5) is 31.9. The number of aryl methyl sites for hydroxylation is 1. The van der Waals surface area contributed by atoms with E-state index in [0.717, 1.165) is 44.0 Å². The number of halogens is 5. The molecule has 0 saturated carbocycles. The van der Waals surface area contributed by atoms with Gasteiger partial charge in [-0.1, -0.05) is 91.0 Å². The number of anilines is 1. The van der Waals surface area contributed by atoms with Crippen molar-refractivity contribution in [1.29, 1.82) is 0 Å². The average molecular weight is 877 g/mol. The Bertz CT molecular complexity index is 2910. The van der Waals surface area contributed by atoms with Crippen LogP contribution in [-0.2, 0) is 36.7 Å². The Balaban J connectivity index is 1.14. The first-order valence-electron chi connectivity index (χ1n) is 19.4. The van der Waals surface area contributed by atoms with Crippen molar-refractivity contribution in [2.75, 3.05) is 18.7 Å². The van der Waals surface area contributed by atoms with Gasteiger partial charge in [0.1, 0.15) is 30.8 Å². The van der Waals surface area contributed by atoms with Gasteiger partial charge in [-0.15, -0.1) is 11.8 Å². The van der Waals surface area contributed by atoms with Gasteiger partial charge in [-0.2, -0.15) is 18.3 Å². The van der Waals surface area contributed by atoms with Gasteiger partial charge in [-0.25, -0.2) is 23.2 Å². The van der Waals surface area contributed by atoms with Crippen LogP contribution in [0, 0.1) is 11.6 Å². The minimum absolute atomic E-state index is 0.0279. The normalized spacial score (nSPS) is 11.8. The lowest BCUT2D eigenvalue weighted by atomic mass is 9.77. The zero-order chi connectivity index (χ0) is 44.5. The molecule has 6 aromatic carbocycles. The molecule has 0 bridgehead atoms. The van der Waals surface area contributed by atoms with Crippen LogP contribution >= 0.6 is 11.8 Å². The Morgan fingerprint density at radius 2 is 1.41 bits per heavy atom. The quantitative estimate of drug-likeness (QED) is 0.0699. The van der Waals surface area contributed by atoms with Gasteiger partial charge >= 0.3 is 11.9 Å². The largest absolute Gasteiger partial charge is 0.493 e. The number of ether oxygens (including phenoxy) is 2. The molecule has 0 radical (unpaired) electrons. The summed E-state index contributed by atoms with van der Waals surface area (Å²) in [6.45, 7) is -1.08. The lowest BCUT2D eigenvalue weighted by Crippen LogP contribution is -2.38. The molecule has 63 heavy (non-hydrogen) atoms. The summed E-state index contributed by atoms with van der Waals surface area (Å²) in [5, 5.41) is 7.23. The number of thioether (sulfide) groups is 1. The second-order valence-corrected chi connectivity index (χ2v) is 15.3. The maximum Gasteiger partial charge on any atom is 0.416 e. The molecule has 0 atom stereocenters. The maximum absolute atomic E-state index is 16.3. The Morgan fingerprint density at radius 3 is 1.97 bits per heavy atom. The van der Waals surface area contributed by atoms with Crippen molar-refractivity contribution in [1.82, 2.24) is 23.9 Å². The second kappa shape index (κ2) is 17.3. The monoisotopic (exact) mass is 876 g/mol. The standard InChI is InChI=1S/C47H37F5N6O4S/c1-56-43-35(23-33(47(50,51)52)24-39(43)57(45(56)60)26-42(59)54-38-20-19-34(63-3)25-36(38)48)29-21-37(49)44(40(22-29)61-2)62-27-41-53-28-58(55-41)46(30-13-7-4-8-14-30,31-15-9-5-10-16-31)32-17-11-6-12-18-32/h4-25,28H,26-27H2,1-3H3,(H,54,59). The van der Waals surface area contributed by atoms with Crippen LogP contribution in [0.2, 0.25) is 0 Å². The summed E-state index contributed by atoms with van der Waals surface area (Å²) in [6.07, 6.45) is -1.59. The molecule has 0 fully saturated rings. The number of amides is 1. The van der Waals surface area contributed by atoms with Crippen molar-refractivity contribution >= 4 is 34.4 Å². The van der Waals surface area contributed by atoms with E-state index in [1.165, 1.54) is 44.1 Å². The maximum atomic E-state index is 16.3. The van der Waals surface area contributed by atoms with Crippen LogP contribution in [0.5, 0.6) is 11.5 Å². The first-order valence-corrected chi connectivity index (χ1v) is 20.6. The zero-order valence-corrected chi connectivity index (χ0v) is 34.7. The van der Waals surface area contributed by atoms with Crippen molar-refractivity contribution < 1.29 is 36.2 Å². The molecule has 0 aliphatic rings. The third-order valence-corrected chi connectivity index (χ3v) is 11.4. The lowest BCUT2D eigenvalue weighted by molar-refractivity contribution is -0.137. The molecule has 8 rings (SSSR count). The molecule has 0 aliphatic heterocycles. The van der Waals surface area contributed by atoms with Crippen LogP contribution in [0.4, 0.5) is 27.6 Å². The summed E-state index contributed by atoms with van der Waals surface area (Å²) in [7, 11) is 2.56. The van der Waals surface area contributed by atoms with E-state index in [1.54, 1.807) is 23.3 Å². The number of hydrogen-bond acceptors (Lipinski definition) is 7. The number of nitrogens with zero attached hydrogens (tertiary/aromatic N) is 5. The fourth-order valence-electron chi connectivity index (χ4n) is 7.76. The molecule has 1 amide bonds. The highest BCUT2D eigenvalue weighted by Crippen LogP contribution is 2.43. The number of imidazole rings is 1. The summed E-state index contributed by atoms with van der Waals surface area (Å²) in [5.41, 5.74) is -1.01. The van der Waals surface area contributed by atoms with Crippen LogP contribution in [-0.4, -0.2) is 43.2 Å². The molecular formula is C47H37F5N6O4S. The first-order chi connectivity index (χ1) is 30.3. The minimum atomic E-state index is -4.91. The molecule has 0 unspecified atom stereocenters. The van der Waals surface area contributed by atoms with Crippen molar-refractivity contribution in [2.45, 2.75) is 29.8 Å². The predicted octanol–water partition coefficient (Wildman–Crippen LogP) is 9.68. The molecular weight excluding hydrogens is 840 g/mol. The van der Waals surface area contributed by atoms with E-state index >= 15 is 4.39 Å². The summed E-state index contributed by atoms with van der Waals surface area (Å²) >= 11 is 1.29. The zero-order valence-electron chi connectivity index (χ0n) is 33.9. The second-order valence-electron chi connectivity index (χ2n) is 14.4. The van der Waals surface area contributed by atoms with E-state index in [2.05, 4.69) is 10.3 Å². The molecule has 0 aliphatic carbocycles. The van der Waals surface area contributed by atoms with E-state index in [4.69, 9.17) is 14.6 Å². The molecule has 16 heteroatoms. The predicted molar refractivity (Wildman–Crippen MR) is 230 cm³/mol. The van der Waals surface area contributed by atoms with Gasteiger partial charge in [0.25, 0.3) is 0 Å². The summed E-state index contributed by atoms with van der Waals surface area (Å²) in [5.74, 6) is -2.92. The SMILES string of the molecule is COc1cc(-c2cc(C(F)(F)F)cc3c2n(C)c(=O)n3CC(=O)Nc2ccc(SC)cc2F)cc(F)c1OCc1ncn(C(c2ccccc2)(c2ccccc2)c2ccccc2)n1. The Labute approximate surface area is 361 Å². The van der Waals surface area contributed by atoms with E-state index in [1.807, 2.05) is 91.0 Å². The smallest absolute Gasteiger partial charge is 0.416 e. The Hall–Kier alpha value is -7.20. The molecule has 0 spiro atoms. The van der Waals surface area contributed by atoms with E-state index in [0.29, 0.717) is 4.90 Å². The van der Waals surface area contributed by atoms with Crippen LogP contribution in [0.15, 0.2) is 149 Å². The van der Waals surface area contributed by atoms with Crippen molar-refractivity contribution in [3.8, 4) is 22.6 Å². The molecule has 320 valence electrons. The highest BCUT2D eigenvalue weighted by Gasteiger charge is 2.40. The number of nitrogens with one attached hydrogen (secondary N) is 1. The molecule has 10 nitrogen and oxygen atoms in total.